The first kappa shape index (κ1) is 18.3. The molecule has 4 nitrogen and oxygen atoms in total. The Morgan fingerprint density at radius 2 is 1.66 bits per heavy atom. The Kier molecular flexibility index (Phi) is 5.24. The number of benzene rings is 2. The van der Waals surface area contributed by atoms with Crippen LogP contribution in [-0.4, -0.2) is 34.0 Å². The van der Waals surface area contributed by atoms with E-state index >= 15 is 0 Å². The summed E-state index contributed by atoms with van der Waals surface area (Å²) in [5, 5.41) is 4.83. The third kappa shape index (κ3) is 4.16. The van der Waals surface area contributed by atoms with E-state index in [1.54, 1.807) is 17.7 Å². The number of hydrogen-bond acceptors (Lipinski definition) is 5. The van der Waals surface area contributed by atoms with Gasteiger partial charge in [-0.2, -0.15) is 0 Å². The minimum atomic E-state index is 0.459. The van der Waals surface area contributed by atoms with Crippen molar-refractivity contribution in [2.24, 2.45) is 0 Å². The largest absolute Gasteiger partial charge is 0.367 e. The number of likely N-dealkylation sites (tertiary alicyclic amines) is 1. The summed E-state index contributed by atoms with van der Waals surface area (Å²) in [5.41, 5.74) is 2.62. The van der Waals surface area contributed by atoms with Crippen molar-refractivity contribution in [2.45, 2.75) is 25.4 Å². The molecule has 5 rings (SSSR count). The molecule has 0 radical (unpaired) electrons. The number of nitrogens with zero attached hydrogens (tertiary/aromatic N) is 3. The monoisotopic (exact) mass is 400 g/mol. The fourth-order valence-corrected chi connectivity index (χ4v) is 4.99. The highest BCUT2D eigenvalue weighted by Crippen LogP contribution is 2.35. The number of piperidine rings is 1. The molecule has 29 heavy (non-hydrogen) atoms. The molecule has 0 spiro atoms. The zero-order chi connectivity index (χ0) is 19.5. The highest BCUT2D eigenvalue weighted by molar-refractivity contribution is 7.21. The fraction of sp³-hybridized carbons (Fsp3) is 0.250. The van der Waals surface area contributed by atoms with Gasteiger partial charge in [-0.05, 0) is 30.0 Å². The Balaban J connectivity index is 1.27. The molecule has 0 atom stereocenters. The SMILES string of the molecule is c1ccc(CN2CCC(Nc3ncnc4sc(-c5ccccc5)cc34)CC2)cc1. The van der Waals surface area contributed by atoms with Gasteiger partial charge in [-0.1, -0.05) is 60.7 Å². The second-order valence-electron chi connectivity index (χ2n) is 7.60. The van der Waals surface area contributed by atoms with Gasteiger partial charge in [0.25, 0.3) is 0 Å². The quantitative estimate of drug-likeness (QED) is 0.485. The van der Waals surface area contributed by atoms with E-state index in [-0.39, 0.29) is 0 Å². The van der Waals surface area contributed by atoms with E-state index < -0.39 is 0 Å². The van der Waals surface area contributed by atoms with Crippen molar-refractivity contribution in [3.8, 4) is 10.4 Å². The van der Waals surface area contributed by atoms with Gasteiger partial charge in [0.05, 0.1) is 5.39 Å². The Hall–Kier alpha value is -2.76. The number of thiophene rings is 1. The van der Waals surface area contributed by atoms with Crippen LogP contribution in [0.3, 0.4) is 0 Å². The molecule has 1 fully saturated rings. The lowest BCUT2D eigenvalue weighted by molar-refractivity contribution is 0.211. The van der Waals surface area contributed by atoms with Crippen molar-refractivity contribution < 1.29 is 0 Å². The van der Waals surface area contributed by atoms with E-state index in [9.17, 15) is 0 Å². The molecular weight excluding hydrogens is 376 g/mol. The molecule has 1 N–H and O–H groups in total. The van der Waals surface area contributed by atoms with E-state index in [0.717, 1.165) is 48.5 Å². The average molecular weight is 401 g/mol. The molecule has 0 bridgehead atoms. The minimum Gasteiger partial charge on any atom is -0.367 e. The van der Waals surface area contributed by atoms with Crippen LogP contribution in [0.1, 0.15) is 18.4 Å². The van der Waals surface area contributed by atoms with Gasteiger partial charge < -0.3 is 5.32 Å². The summed E-state index contributed by atoms with van der Waals surface area (Å²) in [7, 11) is 0. The Bertz CT molecular complexity index is 1070. The average Bonchev–Trinajstić information content (AvgIpc) is 3.22. The smallest absolute Gasteiger partial charge is 0.138 e. The van der Waals surface area contributed by atoms with Crippen molar-refractivity contribution in [3.63, 3.8) is 0 Å². The summed E-state index contributed by atoms with van der Waals surface area (Å²) in [5.74, 6) is 0.968. The molecule has 1 aliphatic heterocycles. The molecule has 146 valence electrons. The number of hydrogen-bond donors (Lipinski definition) is 1. The fourth-order valence-electron chi connectivity index (χ4n) is 3.99. The molecule has 0 saturated carbocycles. The van der Waals surface area contributed by atoms with Gasteiger partial charge in [-0.25, -0.2) is 9.97 Å². The number of rotatable bonds is 5. The van der Waals surface area contributed by atoms with Crippen molar-refractivity contribution >= 4 is 27.4 Å². The van der Waals surface area contributed by atoms with Crippen LogP contribution in [0.5, 0.6) is 0 Å². The van der Waals surface area contributed by atoms with E-state index in [1.807, 2.05) is 6.07 Å². The number of nitrogens with one attached hydrogen (secondary N) is 1. The highest BCUT2D eigenvalue weighted by Gasteiger charge is 2.20. The van der Waals surface area contributed by atoms with Gasteiger partial charge in [0.2, 0.25) is 0 Å². The van der Waals surface area contributed by atoms with Crippen LogP contribution in [0.15, 0.2) is 73.1 Å². The topological polar surface area (TPSA) is 41.0 Å². The van der Waals surface area contributed by atoms with Crippen LogP contribution in [0.2, 0.25) is 0 Å². The van der Waals surface area contributed by atoms with Crippen molar-refractivity contribution in [1.82, 2.24) is 14.9 Å². The molecule has 2 aromatic heterocycles. The Morgan fingerprint density at radius 1 is 0.931 bits per heavy atom. The summed E-state index contributed by atoms with van der Waals surface area (Å²) in [6.07, 6.45) is 3.95. The first-order valence-electron chi connectivity index (χ1n) is 10.2. The maximum absolute atomic E-state index is 4.57. The van der Waals surface area contributed by atoms with Crippen LogP contribution in [0, 0.1) is 0 Å². The number of anilines is 1. The van der Waals surface area contributed by atoms with Crippen molar-refractivity contribution in [3.05, 3.63) is 78.6 Å². The minimum absolute atomic E-state index is 0.459. The lowest BCUT2D eigenvalue weighted by Crippen LogP contribution is -2.38. The molecule has 0 amide bonds. The first-order valence-corrected chi connectivity index (χ1v) is 11.0. The molecule has 1 aliphatic rings. The van der Waals surface area contributed by atoms with E-state index in [4.69, 9.17) is 0 Å². The molecule has 1 saturated heterocycles. The molecule has 3 heterocycles. The van der Waals surface area contributed by atoms with Crippen molar-refractivity contribution in [1.29, 1.82) is 0 Å². The van der Waals surface area contributed by atoms with Crippen LogP contribution in [-0.2, 0) is 6.54 Å². The van der Waals surface area contributed by atoms with Gasteiger partial charge in [0, 0.05) is 30.6 Å². The summed E-state index contributed by atoms with van der Waals surface area (Å²) >= 11 is 1.73. The predicted molar refractivity (Wildman–Crippen MR) is 121 cm³/mol. The zero-order valence-electron chi connectivity index (χ0n) is 16.3. The summed E-state index contributed by atoms with van der Waals surface area (Å²) in [6.45, 7) is 3.26. The van der Waals surface area contributed by atoms with Gasteiger partial charge >= 0.3 is 0 Å². The van der Waals surface area contributed by atoms with Crippen LogP contribution in [0.25, 0.3) is 20.7 Å². The van der Waals surface area contributed by atoms with Crippen LogP contribution >= 0.6 is 11.3 Å². The number of fused-ring (bicyclic) bond motifs is 1. The zero-order valence-corrected chi connectivity index (χ0v) is 17.1. The Morgan fingerprint density at radius 3 is 2.41 bits per heavy atom. The third-order valence-corrected chi connectivity index (χ3v) is 6.66. The number of aromatic nitrogens is 2. The summed E-state index contributed by atoms with van der Waals surface area (Å²) in [4.78, 5) is 13.9. The molecule has 2 aromatic carbocycles. The molecule has 4 aromatic rings. The third-order valence-electron chi connectivity index (χ3n) is 5.57. The highest BCUT2D eigenvalue weighted by atomic mass is 32.1. The Labute approximate surface area is 175 Å². The molecule has 0 aliphatic carbocycles. The summed E-state index contributed by atoms with van der Waals surface area (Å²) in [6, 6.07) is 23.9. The first-order chi connectivity index (χ1) is 14.3. The van der Waals surface area contributed by atoms with Crippen molar-refractivity contribution in [2.75, 3.05) is 18.4 Å². The summed E-state index contributed by atoms with van der Waals surface area (Å²) < 4.78 is 0. The normalized spacial score (nSPS) is 15.6. The van der Waals surface area contributed by atoms with Gasteiger partial charge in [-0.15, -0.1) is 11.3 Å². The molecule has 5 heteroatoms. The maximum atomic E-state index is 4.57. The van der Waals surface area contributed by atoms with Crippen LogP contribution in [0.4, 0.5) is 5.82 Å². The van der Waals surface area contributed by atoms with Gasteiger partial charge in [0.1, 0.15) is 17.0 Å². The second-order valence-corrected chi connectivity index (χ2v) is 8.63. The van der Waals surface area contributed by atoms with Crippen LogP contribution < -0.4 is 5.32 Å². The molecule has 0 unspecified atom stereocenters. The lowest BCUT2D eigenvalue weighted by atomic mass is 10.0. The van der Waals surface area contributed by atoms with Gasteiger partial charge in [-0.3, -0.25) is 4.90 Å². The van der Waals surface area contributed by atoms with Gasteiger partial charge in [0.15, 0.2) is 0 Å². The maximum Gasteiger partial charge on any atom is 0.138 e. The lowest BCUT2D eigenvalue weighted by Gasteiger charge is -2.32. The van der Waals surface area contributed by atoms with E-state index in [0.29, 0.717) is 6.04 Å². The molecular formula is C24H24N4S. The van der Waals surface area contributed by atoms with E-state index in [1.165, 1.54) is 16.0 Å². The second kappa shape index (κ2) is 8.31. The standard InChI is InChI=1S/C24H24N4S/c1-3-7-18(8-4-1)16-28-13-11-20(12-14-28)27-23-21-15-22(19-9-5-2-6-10-19)29-24(21)26-17-25-23/h1-10,15,17,20H,11-14,16H2,(H,25,26,27). The predicted octanol–water partition coefficient (Wildman–Crippen LogP) is 5.43. The van der Waals surface area contributed by atoms with E-state index in [2.05, 4.69) is 80.8 Å².